The summed E-state index contributed by atoms with van der Waals surface area (Å²) in [6.07, 6.45) is 0.785. The van der Waals surface area contributed by atoms with Gasteiger partial charge in [0, 0.05) is 13.1 Å². The van der Waals surface area contributed by atoms with Crippen LogP contribution in [0.5, 0.6) is 0 Å². The molecule has 0 saturated carbocycles. The number of piperidine rings is 1. The van der Waals surface area contributed by atoms with E-state index in [0.29, 0.717) is 25.9 Å². The number of hydrogen-bond donors (Lipinski definition) is 1. The second-order valence-corrected chi connectivity index (χ2v) is 5.00. The first-order valence-electron chi connectivity index (χ1n) is 6.08. The maximum atomic E-state index is 13.0. The third kappa shape index (κ3) is 2.72. The summed E-state index contributed by atoms with van der Waals surface area (Å²) in [5.41, 5.74) is -0.731. The fourth-order valence-electron chi connectivity index (χ4n) is 2.11. The number of hydrogen-bond acceptors (Lipinski definition) is 3. The molecule has 0 bridgehead atoms. The summed E-state index contributed by atoms with van der Waals surface area (Å²) in [7, 11) is 0. The molecule has 0 atom stereocenters. The quantitative estimate of drug-likeness (QED) is 0.824. The van der Waals surface area contributed by atoms with E-state index in [-0.39, 0.29) is 11.6 Å². The lowest BCUT2D eigenvalue weighted by Crippen LogP contribution is -2.45. The van der Waals surface area contributed by atoms with Crippen molar-refractivity contribution in [2.75, 3.05) is 13.1 Å². The van der Waals surface area contributed by atoms with Crippen LogP contribution in [0.25, 0.3) is 0 Å². The molecule has 2 rings (SSSR count). The molecule has 19 heavy (non-hydrogen) atoms. The third-order valence-electron chi connectivity index (χ3n) is 3.60. The van der Waals surface area contributed by atoms with E-state index in [1.807, 2.05) is 0 Å². The van der Waals surface area contributed by atoms with Crippen LogP contribution in [0, 0.1) is 11.4 Å². The molecular formula is C13H15FN2O3. The van der Waals surface area contributed by atoms with Gasteiger partial charge in [-0.3, -0.25) is 9.59 Å². The molecule has 1 saturated heterocycles. The number of pyridine rings is 1. The van der Waals surface area contributed by atoms with Crippen LogP contribution in [-0.4, -0.2) is 40.0 Å². The summed E-state index contributed by atoms with van der Waals surface area (Å²) < 4.78 is 13.0. The van der Waals surface area contributed by atoms with Crippen LogP contribution in [-0.2, 0) is 4.79 Å². The Morgan fingerprint density at radius 2 is 2.00 bits per heavy atom. The molecule has 1 aromatic heterocycles. The highest BCUT2D eigenvalue weighted by atomic mass is 19.1. The lowest BCUT2D eigenvalue weighted by molar-refractivity contribution is -0.150. The number of likely N-dealkylation sites (tertiary alicyclic amines) is 1. The number of halogens is 1. The van der Waals surface area contributed by atoms with Gasteiger partial charge in [0.1, 0.15) is 5.69 Å². The Bertz CT molecular complexity index is 510. The lowest BCUT2D eigenvalue weighted by atomic mass is 9.80. The minimum Gasteiger partial charge on any atom is -0.481 e. The van der Waals surface area contributed by atoms with Gasteiger partial charge in [-0.05, 0) is 31.9 Å². The number of amides is 1. The SMILES string of the molecule is CC1(C(=O)O)CCN(C(=O)c2cccc(F)n2)CC1. The number of carboxylic acid groups (broad SMARTS) is 1. The maximum absolute atomic E-state index is 13.0. The third-order valence-corrected chi connectivity index (χ3v) is 3.60. The molecule has 1 aromatic rings. The Morgan fingerprint density at radius 3 is 2.53 bits per heavy atom. The first-order valence-corrected chi connectivity index (χ1v) is 6.08. The van der Waals surface area contributed by atoms with Crippen molar-refractivity contribution < 1.29 is 19.1 Å². The number of rotatable bonds is 2. The molecule has 1 aliphatic rings. The molecule has 0 aliphatic carbocycles. The van der Waals surface area contributed by atoms with Crippen molar-refractivity contribution in [3.8, 4) is 0 Å². The lowest BCUT2D eigenvalue weighted by Gasteiger charge is -2.36. The van der Waals surface area contributed by atoms with Gasteiger partial charge in [-0.1, -0.05) is 6.07 Å². The topological polar surface area (TPSA) is 70.5 Å². The van der Waals surface area contributed by atoms with Gasteiger partial charge >= 0.3 is 5.97 Å². The highest BCUT2D eigenvalue weighted by Crippen LogP contribution is 2.31. The molecule has 1 aliphatic heterocycles. The van der Waals surface area contributed by atoms with Gasteiger partial charge in [0.25, 0.3) is 5.91 Å². The molecule has 0 aromatic carbocycles. The van der Waals surface area contributed by atoms with Crippen LogP contribution in [0.4, 0.5) is 4.39 Å². The Kier molecular flexibility index (Phi) is 3.50. The number of nitrogens with zero attached hydrogens (tertiary/aromatic N) is 2. The monoisotopic (exact) mass is 266 g/mol. The fraction of sp³-hybridized carbons (Fsp3) is 0.462. The molecule has 2 heterocycles. The van der Waals surface area contributed by atoms with Crippen molar-refractivity contribution in [1.82, 2.24) is 9.88 Å². The van der Waals surface area contributed by atoms with Crippen molar-refractivity contribution in [3.05, 3.63) is 29.8 Å². The number of aromatic nitrogens is 1. The van der Waals surface area contributed by atoms with Crippen LogP contribution >= 0.6 is 0 Å². The van der Waals surface area contributed by atoms with Gasteiger partial charge in [0.2, 0.25) is 5.95 Å². The fourth-order valence-corrected chi connectivity index (χ4v) is 2.11. The molecule has 1 amide bonds. The highest BCUT2D eigenvalue weighted by molar-refractivity contribution is 5.92. The van der Waals surface area contributed by atoms with Crippen LogP contribution in [0.2, 0.25) is 0 Å². The highest BCUT2D eigenvalue weighted by Gasteiger charge is 2.38. The summed E-state index contributed by atoms with van der Waals surface area (Å²) in [5, 5.41) is 9.11. The molecule has 1 N–H and O–H groups in total. The standard InChI is InChI=1S/C13H15FN2O3/c1-13(12(18)19)5-7-16(8-6-13)11(17)9-3-2-4-10(14)15-9/h2-4H,5-8H2,1H3,(H,18,19). The minimum absolute atomic E-state index is 0.0546. The van der Waals surface area contributed by atoms with Gasteiger partial charge < -0.3 is 10.0 Å². The van der Waals surface area contributed by atoms with E-state index in [2.05, 4.69) is 4.98 Å². The van der Waals surface area contributed by atoms with Crippen molar-refractivity contribution in [3.63, 3.8) is 0 Å². The number of carboxylic acids is 1. The predicted octanol–water partition coefficient (Wildman–Crippen LogP) is 1.55. The van der Waals surface area contributed by atoms with Crippen LogP contribution in [0.3, 0.4) is 0 Å². The number of carbonyl (C=O) groups is 2. The van der Waals surface area contributed by atoms with Crippen molar-refractivity contribution in [2.45, 2.75) is 19.8 Å². The normalized spacial score (nSPS) is 18.1. The van der Waals surface area contributed by atoms with E-state index in [1.165, 1.54) is 23.1 Å². The van der Waals surface area contributed by atoms with Gasteiger partial charge in [0.15, 0.2) is 0 Å². The van der Waals surface area contributed by atoms with Crippen LogP contribution in [0.1, 0.15) is 30.3 Å². The largest absolute Gasteiger partial charge is 0.481 e. The molecule has 6 heteroatoms. The van der Waals surface area contributed by atoms with E-state index in [0.717, 1.165) is 0 Å². The van der Waals surface area contributed by atoms with Crippen molar-refractivity contribution in [2.24, 2.45) is 5.41 Å². The minimum atomic E-state index is -0.844. The zero-order valence-electron chi connectivity index (χ0n) is 10.6. The van der Waals surface area contributed by atoms with Crippen LogP contribution < -0.4 is 0 Å². The van der Waals surface area contributed by atoms with Gasteiger partial charge in [0.05, 0.1) is 5.41 Å². The summed E-state index contributed by atoms with van der Waals surface area (Å²) in [4.78, 5) is 28.2. The molecule has 0 unspecified atom stereocenters. The number of carbonyl (C=O) groups excluding carboxylic acids is 1. The van der Waals surface area contributed by atoms with Gasteiger partial charge in [-0.2, -0.15) is 4.39 Å². The van der Waals surface area contributed by atoms with E-state index in [1.54, 1.807) is 6.92 Å². The van der Waals surface area contributed by atoms with E-state index >= 15 is 0 Å². The number of aliphatic carboxylic acids is 1. The van der Waals surface area contributed by atoms with Gasteiger partial charge in [-0.25, -0.2) is 4.98 Å². The summed E-state index contributed by atoms with van der Waals surface area (Å²) >= 11 is 0. The molecule has 5 nitrogen and oxygen atoms in total. The van der Waals surface area contributed by atoms with E-state index < -0.39 is 17.3 Å². The Morgan fingerprint density at radius 1 is 1.37 bits per heavy atom. The average molecular weight is 266 g/mol. The molecule has 0 spiro atoms. The molecule has 0 radical (unpaired) electrons. The molecular weight excluding hydrogens is 251 g/mol. The Hall–Kier alpha value is -1.98. The summed E-state index contributed by atoms with van der Waals surface area (Å²) in [5.74, 6) is -1.89. The second kappa shape index (κ2) is 4.95. The zero-order valence-corrected chi connectivity index (χ0v) is 10.6. The second-order valence-electron chi connectivity index (χ2n) is 5.00. The van der Waals surface area contributed by atoms with Crippen molar-refractivity contribution >= 4 is 11.9 Å². The predicted molar refractivity (Wildman–Crippen MR) is 65.1 cm³/mol. The van der Waals surface area contributed by atoms with Crippen LogP contribution in [0.15, 0.2) is 18.2 Å². The summed E-state index contributed by atoms with van der Waals surface area (Å²) in [6, 6.07) is 4.06. The maximum Gasteiger partial charge on any atom is 0.309 e. The Labute approximate surface area is 110 Å². The smallest absolute Gasteiger partial charge is 0.309 e. The Balaban J connectivity index is 2.06. The van der Waals surface area contributed by atoms with Gasteiger partial charge in [-0.15, -0.1) is 0 Å². The first kappa shape index (κ1) is 13.5. The summed E-state index contributed by atoms with van der Waals surface area (Å²) in [6.45, 7) is 2.37. The molecule has 1 fully saturated rings. The zero-order chi connectivity index (χ0) is 14.0. The van der Waals surface area contributed by atoms with Crippen molar-refractivity contribution in [1.29, 1.82) is 0 Å². The van der Waals surface area contributed by atoms with E-state index in [9.17, 15) is 14.0 Å². The molecule has 102 valence electrons. The van der Waals surface area contributed by atoms with E-state index in [4.69, 9.17) is 5.11 Å². The average Bonchev–Trinajstić information content (AvgIpc) is 2.38. The first-order chi connectivity index (χ1) is 8.92.